The van der Waals surface area contributed by atoms with Gasteiger partial charge in [-0.2, -0.15) is 0 Å². The summed E-state index contributed by atoms with van der Waals surface area (Å²) in [5.74, 6) is -0.244. The Morgan fingerprint density at radius 1 is 0.889 bits per heavy atom. The lowest BCUT2D eigenvalue weighted by molar-refractivity contribution is -0.313. The highest BCUT2D eigenvalue weighted by atomic mass is 16.7. The minimum absolute atomic E-state index is 0.172. The van der Waals surface area contributed by atoms with Crippen LogP contribution in [0.4, 0.5) is 0 Å². The molecule has 1 saturated heterocycles. The van der Waals surface area contributed by atoms with Crippen LogP contribution in [0, 0.1) is 23.7 Å². The molecule has 5 fully saturated rings. The largest absolute Gasteiger partial charge is 0.418 e. The first-order valence-electron chi connectivity index (χ1n) is 6.74. The van der Waals surface area contributed by atoms with Crippen LogP contribution in [0.3, 0.4) is 0 Å². The summed E-state index contributed by atoms with van der Waals surface area (Å²) in [6.45, 7) is 3.42. The monoisotopic (exact) mass is 248 g/mol. The quantitative estimate of drug-likeness (QED) is 0.372. The van der Waals surface area contributed by atoms with Crippen LogP contribution >= 0.6 is 0 Å². The van der Waals surface area contributed by atoms with Crippen LogP contribution < -0.4 is 0 Å². The topological polar surface area (TPSA) is 52.6 Å². The maximum absolute atomic E-state index is 11.8. The lowest BCUT2D eigenvalue weighted by Gasteiger charge is -2.59. The summed E-state index contributed by atoms with van der Waals surface area (Å²) in [5.41, 5.74) is -0.172. The molecular weight excluding hydrogens is 232 g/mol. The van der Waals surface area contributed by atoms with Crippen LogP contribution in [0.25, 0.3) is 0 Å². The Labute approximate surface area is 105 Å². The molecule has 4 saturated carbocycles. The maximum Gasteiger partial charge on any atom is 0.348 e. The van der Waals surface area contributed by atoms with Gasteiger partial charge in [-0.15, -0.1) is 0 Å². The van der Waals surface area contributed by atoms with Crippen molar-refractivity contribution in [3.05, 3.63) is 12.2 Å². The van der Waals surface area contributed by atoms with Crippen LogP contribution in [0.1, 0.15) is 32.1 Å². The highest BCUT2D eigenvalue weighted by molar-refractivity contribution is 6.14. The standard InChI is InChI=1S/C14H16O4/c1-7-12(15)17-14(18-13(7)16)10-3-8-2-9(5-10)6-11(14)4-8/h8-11H,1-6H2. The van der Waals surface area contributed by atoms with Gasteiger partial charge in [0.05, 0.1) is 0 Å². The third-order valence-electron chi connectivity index (χ3n) is 5.27. The first kappa shape index (κ1) is 10.6. The minimum Gasteiger partial charge on any atom is -0.418 e. The molecule has 4 aliphatic carbocycles. The Balaban J connectivity index is 1.73. The van der Waals surface area contributed by atoms with Gasteiger partial charge in [0.2, 0.25) is 0 Å². The molecule has 0 atom stereocenters. The van der Waals surface area contributed by atoms with Crippen LogP contribution in [0.15, 0.2) is 12.2 Å². The summed E-state index contributed by atoms with van der Waals surface area (Å²) < 4.78 is 11.1. The maximum atomic E-state index is 11.8. The number of rotatable bonds is 0. The molecule has 4 bridgehead atoms. The van der Waals surface area contributed by atoms with Gasteiger partial charge in [-0.25, -0.2) is 9.59 Å². The number of ether oxygens (including phenoxy) is 2. The van der Waals surface area contributed by atoms with Crippen molar-refractivity contribution < 1.29 is 19.1 Å². The van der Waals surface area contributed by atoms with Gasteiger partial charge in [0.1, 0.15) is 5.57 Å². The Kier molecular flexibility index (Phi) is 1.86. The molecule has 0 amide bonds. The predicted molar refractivity (Wildman–Crippen MR) is 61.1 cm³/mol. The van der Waals surface area contributed by atoms with E-state index in [2.05, 4.69) is 6.58 Å². The fourth-order valence-corrected chi connectivity index (χ4v) is 4.69. The molecule has 96 valence electrons. The molecule has 18 heavy (non-hydrogen) atoms. The van der Waals surface area contributed by atoms with Crippen molar-refractivity contribution in [1.29, 1.82) is 0 Å². The van der Waals surface area contributed by atoms with Crippen LogP contribution in [0.2, 0.25) is 0 Å². The van der Waals surface area contributed by atoms with E-state index in [1.54, 1.807) is 0 Å². The Hall–Kier alpha value is -1.32. The molecule has 0 unspecified atom stereocenters. The summed E-state index contributed by atoms with van der Waals surface area (Å²) in [6, 6.07) is 0. The molecule has 5 aliphatic rings. The van der Waals surface area contributed by atoms with E-state index in [0.29, 0.717) is 0 Å². The third-order valence-corrected chi connectivity index (χ3v) is 5.27. The average Bonchev–Trinajstić information content (AvgIpc) is 2.32. The van der Waals surface area contributed by atoms with Crippen LogP contribution in [-0.2, 0) is 19.1 Å². The van der Waals surface area contributed by atoms with Gasteiger partial charge in [0.15, 0.2) is 0 Å². The molecule has 1 spiro atoms. The van der Waals surface area contributed by atoms with Gasteiger partial charge in [-0.05, 0) is 43.9 Å². The van der Waals surface area contributed by atoms with Gasteiger partial charge in [-0.1, -0.05) is 6.58 Å². The summed E-state index contributed by atoms with van der Waals surface area (Å²) in [5, 5.41) is 0. The minimum atomic E-state index is -0.956. The van der Waals surface area contributed by atoms with E-state index < -0.39 is 17.7 Å². The van der Waals surface area contributed by atoms with Gasteiger partial charge >= 0.3 is 11.9 Å². The molecule has 5 rings (SSSR count). The van der Waals surface area contributed by atoms with Crippen molar-refractivity contribution in [2.75, 3.05) is 0 Å². The summed E-state index contributed by atoms with van der Waals surface area (Å²) in [6.07, 6.45) is 5.41. The Morgan fingerprint density at radius 2 is 1.33 bits per heavy atom. The van der Waals surface area contributed by atoms with Crippen LogP contribution in [0.5, 0.6) is 0 Å². The first-order valence-corrected chi connectivity index (χ1v) is 6.74. The lowest BCUT2D eigenvalue weighted by Crippen LogP contribution is -2.63. The first-order chi connectivity index (χ1) is 8.58. The number of hydrogen-bond acceptors (Lipinski definition) is 4. The normalized spacial score (nSPS) is 44.1. The zero-order valence-corrected chi connectivity index (χ0v) is 10.2. The number of carbonyl (C=O) groups excluding carboxylic acids is 2. The second kappa shape index (κ2) is 3.16. The predicted octanol–water partition coefficient (Wildman–Crippen LogP) is 1.79. The molecule has 0 radical (unpaired) electrons. The molecule has 1 aliphatic heterocycles. The Bertz CT molecular complexity index is 414. The van der Waals surface area contributed by atoms with Crippen molar-refractivity contribution in [2.24, 2.45) is 23.7 Å². The van der Waals surface area contributed by atoms with E-state index in [4.69, 9.17) is 9.47 Å². The van der Waals surface area contributed by atoms with Gasteiger partial charge in [0.25, 0.3) is 5.79 Å². The average molecular weight is 248 g/mol. The van der Waals surface area contributed by atoms with Gasteiger partial charge in [-0.3, -0.25) is 0 Å². The summed E-state index contributed by atoms with van der Waals surface area (Å²) >= 11 is 0. The van der Waals surface area contributed by atoms with E-state index >= 15 is 0 Å². The van der Waals surface area contributed by atoms with Crippen molar-refractivity contribution in [2.45, 2.75) is 37.9 Å². The fourth-order valence-electron chi connectivity index (χ4n) is 4.69. The number of esters is 2. The molecule has 4 heteroatoms. The highest BCUT2D eigenvalue weighted by Gasteiger charge is 2.64. The second-order valence-corrected chi connectivity index (χ2v) is 6.28. The molecule has 1 heterocycles. The number of carbonyl (C=O) groups is 2. The van der Waals surface area contributed by atoms with E-state index in [1.807, 2.05) is 0 Å². The van der Waals surface area contributed by atoms with Crippen LogP contribution in [-0.4, -0.2) is 17.7 Å². The number of hydrogen-bond donors (Lipinski definition) is 0. The molecule has 0 aromatic rings. The molecule has 0 aromatic carbocycles. The zero-order valence-electron chi connectivity index (χ0n) is 10.2. The van der Waals surface area contributed by atoms with Crippen molar-refractivity contribution >= 4 is 11.9 Å². The third kappa shape index (κ3) is 1.16. The zero-order chi connectivity index (χ0) is 12.5. The van der Waals surface area contributed by atoms with E-state index in [0.717, 1.165) is 37.5 Å². The van der Waals surface area contributed by atoms with Crippen molar-refractivity contribution in [3.63, 3.8) is 0 Å². The summed E-state index contributed by atoms with van der Waals surface area (Å²) in [7, 11) is 0. The summed E-state index contributed by atoms with van der Waals surface area (Å²) in [4.78, 5) is 23.6. The molecule has 0 aromatic heterocycles. The second-order valence-electron chi connectivity index (χ2n) is 6.28. The fraction of sp³-hybridized carbons (Fsp3) is 0.714. The molecule has 4 nitrogen and oxygen atoms in total. The van der Waals surface area contributed by atoms with E-state index in [1.165, 1.54) is 6.42 Å². The highest BCUT2D eigenvalue weighted by Crippen LogP contribution is 2.60. The molecule has 0 N–H and O–H groups in total. The SMILES string of the molecule is C=C1C(=O)OC2(OC1=O)C1CC3CC(C1)CC2C3. The Morgan fingerprint density at radius 3 is 1.78 bits per heavy atom. The van der Waals surface area contributed by atoms with Gasteiger partial charge in [0, 0.05) is 11.8 Å². The molecular formula is C14H16O4. The van der Waals surface area contributed by atoms with Gasteiger partial charge < -0.3 is 9.47 Å². The van der Waals surface area contributed by atoms with Crippen molar-refractivity contribution in [3.8, 4) is 0 Å². The lowest BCUT2D eigenvalue weighted by atomic mass is 9.53. The smallest absolute Gasteiger partial charge is 0.348 e. The van der Waals surface area contributed by atoms with Crippen molar-refractivity contribution in [1.82, 2.24) is 0 Å². The van der Waals surface area contributed by atoms with E-state index in [-0.39, 0.29) is 17.4 Å². The van der Waals surface area contributed by atoms with E-state index in [9.17, 15) is 9.59 Å².